The number of carbonyl (C=O) groups is 2. The number of quaternary nitrogens is 1. The van der Waals surface area contributed by atoms with Gasteiger partial charge in [-0.15, -0.1) is 0 Å². The SMILES string of the molecule is CC1=C[N+]([C@H]2C[C@H](OP(=O)(O)O)[C@@H](COc3ccccc3)O2)([N+](=O)[O-])C(=O)NC1=O. The summed E-state index contributed by atoms with van der Waals surface area (Å²) in [7, 11) is -4.98. The summed E-state index contributed by atoms with van der Waals surface area (Å²) >= 11 is 0. The van der Waals surface area contributed by atoms with Crippen LogP contribution in [0.1, 0.15) is 13.3 Å². The van der Waals surface area contributed by atoms with Gasteiger partial charge in [-0.2, -0.15) is 4.79 Å². The molecule has 1 unspecified atom stereocenters. The molecule has 3 N–H and O–H groups in total. The van der Waals surface area contributed by atoms with Gasteiger partial charge in [-0.25, -0.2) is 20.0 Å². The maximum atomic E-state index is 12.4. The molecule has 0 aliphatic carbocycles. The summed E-state index contributed by atoms with van der Waals surface area (Å²) in [4.78, 5) is 54.4. The summed E-state index contributed by atoms with van der Waals surface area (Å²) in [6.07, 6.45) is -3.56. The predicted octanol–water partition coefficient (Wildman–Crippen LogP) is 0.820. The number of benzene rings is 1. The van der Waals surface area contributed by atoms with Crippen molar-refractivity contribution in [1.29, 1.82) is 0 Å². The Morgan fingerprint density at radius 1 is 1.33 bits per heavy atom. The highest BCUT2D eigenvalue weighted by molar-refractivity contribution is 7.46. The van der Waals surface area contributed by atoms with Crippen molar-refractivity contribution >= 4 is 19.8 Å². The minimum atomic E-state index is -4.98. The van der Waals surface area contributed by atoms with Crippen LogP contribution in [0.5, 0.6) is 5.75 Å². The predicted molar refractivity (Wildman–Crippen MR) is 96.7 cm³/mol. The number of phosphoric acid groups is 1. The van der Waals surface area contributed by atoms with Crippen LogP contribution in [0.2, 0.25) is 0 Å². The summed E-state index contributed by atoms with van der Waals surface area (Å²) in [5, 5.41) is 12.8. The third-order valence-corrected chi connectivity index (χ3v) is 5.16. The van der Waals surface area contributed by atoms with Crippen molar-refractivity contribution in [2.24, 2.45) is 0 Å². The number of hydrogen-bond donors (Lipinski definition) is 3. The van der Waals surface area contributed by atoms with Gasteiger partial charge < -0.3 is 19.3 Å². The molecule has 14 heteroatoms. The zero-order valence-corrected chi connectivity index (χ0v) is 16.5. The Kier molecular flexibility index (Phi) is 6.04. The van der Waals surface area contributed by atoms with Crippen LogP contribution in [-0.2, 0) is 18.6 Å². The highest BCUT2D eigenvalue weighted by Crippen LogP contribution is 2.43. The molecule has 1 saturated heterocycles. The van der Waals surface area contributed by atoms with E-state index in [0.29, 0.717) is 5.75 Å². The van der Waals surface area contributed by atoms with Gasteiger partial charge in [-0.05, 0) is 19.1 Å². The summed E-state index contributed by atoms with van der Waals surface area (Å²) in [6.45, 7) is 1.03. The molecule has 1 aromatic rings. The molecule has 0 aromatic heterocycles. The molecule has 0 radical (unpaired) electrons. The lowest BCUT2D eigenvalue weighted by atomic mass is 10.1. The number of imide groups is 1. The molecule has 2 aliphatic heterocycles. The second-order valence-corrected chi connectivity index (χ2v) is 7.86. The number of ether oxygens (including phenoxy) is 2. The molecule has 0 saturated carbocycles. The van der Waals surface area contributed by atoms with Crippen molar-refractivity contribution in [1.82, 2.24) is 5.32 Å². The first-order valence-corrected chi connectivity index (χ1v) is 10.2. The van der Waals surface area contributed by atoms with Crippen LogP contribution in [0.4, 0.5) is 4.79 Å². The van der Waals surface area contributed by atoms with Gasteiger partial charge in [-0.3, -0.25) is 9.32 Å². The van der Waals surface area contributed by atoms with E-state index in [0.717, 1.165) is 6.20 Å². The number of phosphoric ester groups is 1. The lowest BCUT2D eigenvalue weighted by Crippen LogP contribution is -2.66. The van der Waals surface area contributed by atoms with E-state index in [1.54, 1.807) is 30.3 Å². The van der Waals surface area contributed by atoms with Gasteiger partial charge in [0.15, 0.2) is 6.20 Å². The van der Waals surface area contributed by atoms with Crippen LogP contribution in [0.15, 0.2) is 42.1 Å². The molecular formula is C16H19N3O10P+. The quantitative estimate of drug-likeness (QED) is 0.236. The maximum absolute atomic E-state index is 12.4. The van der Waals surface area contributed by atoms with E-state index in [2.05, 4.69) is 0 Å². The van der Waals surface area contributed by atoms with Crippen LogP contribution < -0.4 is 10.1 Å². The van der Waals surface area contributed by atoms with Gasteiger partial charge in [0.1, 0.15) is 24.6 Å². The van der Waals surface area contributed by atoms with Crippen LogP contribution >= 0.6 is 7.82 Å². The zero-order chi connectivity index (χ0) is 22.1. The molecule has 3 amide bonds. The fraction of sp³-hybridized carbons (Fsp3) is 0.375. The molecule has 0 spiro atoms. The van der Waals surface area contributed by atoms with Gasteiger partial charge in [0.25, 0.3) is 17.2 Å². The molecule has 13 nitrogen and oxygen atoms in total. The number of nitro groups is 1. The normalized spacial score (nSPS) is 29.3. The van der Waals surface area contributed by atoms with Gasteiger partial charge in [0.2, 0.25) is 0 Å². The topological polar surface area (TPSA) is 175 Å². The number of amides is 3. The van der Waals surface area contributed by atoms with Crippen molar-refractivity contribution in [3.05, 3.63) is 52.2 Å². The maximum Gasteiger partial charge on any atom is 0.492 e. The largest absolute Gasteiger partial charge is 0.492 e. The number of rotatable bonds is 7. The number of para-hydroxylation sites is 1. The molecule has 30 heavy (non-hydrogen) atoms. The molecule has 2 aliphatic rings. The molecule has 2 heterocycles. The fourth-order valence-electron chi connectivity index (χ4n) is 3.22. The first-order valence-electron chi connectivity index (χ1n) is 8.69. The van der Waals surface area contributed by atoms with Crippen LogP contribution in [0.3, 0.4) is 0 Å². The Morgan fingerprint density at radius 2 is 2.00 bits per heavy atom. The lowest BCUT2D eigenvalue weighted by molar-refractivity contribution is -1.27. The molecular weight excluding hydrogens is 425 g/mol. The monoisotopic (exact) mass is 444 g/mol. The van der Waals surface area contributed by atoms with Gasteiger partial charge in [-0.1, -0.05) is 18.2 Å². The van der Waals surface area contributed by atoms with Crippen molar-refractivity contribution < 1.29 is 47.6 Å². The van der Waals surface area contributed by atoms with Gasteiger partial charge in [0, 0.05) is 0 Å². The number of hydrogen-bond acceptors (Lipinski definition) is 8. The second-order valence-electron chi connectivity index (χ2n) is 6.67. The van der Waals surface area contributed by atoms with E-state index < -0.39 is 54.2 Å². The smallest absolute Gasteiger partial charge is 0.491 e. The highest BCUT2D eigenvalue weighted by atomic mass is 31.2. The molecule has 3 rings (SSSR count). The average molecular weight is 444 g/mol. The summed E-state index contributed by atoms with van der Waals surface area (Å²) < 4.78 is 25.6. The Bertz CT molecular complexity index is 932. The van der Waals surface area contributed by atoms with Gasteiger partial charge in [0.05, 0.1) is 16.6 Å². The molecule has 1 aromatic carbocycles. The number of carbonyl (C=O) groups excluding carboxylic acids is 2. The summed E-state index contributed by atoms with van der Waals surface area (Å²) in [5.41, 5.74) is -0.0914. The molecule has 4 atom stereocenters. The van der Waals surface area contributed by atoms with Crippen molar-refractivity contribution in [3.63, 3.8) is 0 Å². The Balaban J connectivity index is 1.89. The highest BCUT2D eigenvalue weighted by Gasteiger charge is 2.64. The minimum Gasteiger partial charge on any atom is -0.491 e. The number of nitrogens with zero attached hydrogens (tertiary/aromatic N) is 2. The Hall–Kier alpha value is -2.67. The van der Waals surface area contributed by atoms with E-state index in [1.165, 1.54) is 6.92 Å². The van der Waals surface area contributed by atoms with Crippen molar-refractivity contribution in [2.75, 3.05) is 6.61 Å². The summed E-state index contributed by atoms with van der Waals surface area (Å²) in [6, 6.07) is 7.16. The van der Waals surface area contributed by atoms with Crippen LogP contribution in [0.25, 0.3) is 0 Å². The first kappa shape index (κ1) is 22.0. The van der Waals surface area contributed by atoms with Gasteiger partial charge >= 0.3 is 13.9 Å². The van der Waals surface area contributed by atoms with Crippen LogP contribution in [0, 0.1) is 10.1 Å². The Labute approximate surface area is 169 Å². The van der Waals surface area contributed by atoms with Crippen molar-refractivity contribution in [3.8, 4) is 5.75 Å². The van der Waals surface area contributed by atoms with E-state index in [9.17, 15) is 34.1 Å². The molecule has 1 fully saturated rings. The Morgan fingerprint density at radius 3 is 2.60 bits per heavy atom. The van der Waals surface area contributed by atoms with E-state index in [-0.39, 0.29) is 12.2 Å². The summed E-state index contributed by atoms with van der Waals surface area (Å²) in [5.74, 6) is -0.365. The third kappa shape index (κ3) is 4.41. The lowest BCUT2D eigenvalue weighted by Gasteiger charge is -2.28. The van der Waals surface area contributed by atoms with Crippen molar-refractivity contribution in [2.45, 2.75) is 31.8 Å². The molecule has 162 valence electrons. The molecule has 0 bridgehead atoms. The number of nitrogens with one attached hydrogen (secondary N) is 1. The zero-order valence-electron chi connectivity index (χ0n) is 15.6. The van der Waals surface area contributed by atoms with Crippen LogP contribution in [-0.4, -0.2) is 56.4 Å². The average Bonchev–Trinajstić information content (AvgIpc) is 3.04. The standard InChI is InChI=1S/C16H18N3O10P/c1-10-8-19(18(22)23,16(21)17-15(10)20)14-7-12(29-30(24,25)26)13(28-14)9-27-11-5-3-2-4-6-11/h2-6,8,12-14H,7,9H2,1H3,(H2-,17,20,21,24,25,26)/p+1/t12-,13+,14+,19?/m0/s1. The second kappa shape index (κ2) is 8.22. The first-order chi connectivity index (χ1) is 14.0. The van der Waals surface area contributed by atoms with E-state index >= 15 is 0 Å². The minimum absolute atomic E-state index is 0.0914. The number of urea groups is 1. The fourth-order valence-corrected chi connectivity index (χ4v) is 3.79. The van der Waals surface area contributed by atoms with E-state index in [1.807, 2.05) is 5.32 Å². The third-order valence-electron chi connectivity index (χ3n) is 4.61. The van der Waals surface area contributed by atoms with E-state index in [4.69, 9.17) is 14.0 Å².